The molecule has 3 aromatic rings. The van der Waals surface area contributed by atoms with Gasteiger partial charge < -0.3 is 15.2 Å². The Balaban J connectivity index is 2.09. The quantitative estimate of drug-likeness (QED) is 0.720. The molecule has 2 N–H and O–H groups in total. The first kappa shape index (κ1) is 17.0. The van der Waals surface area contributed by atoms with Crippen molar-refractivity contribution in [2.75, 3.05) is 12.4 Å². The molecule has 0 saturated heterocycles. The van der Waals surface area contributed by atoms with E-state index in [1.165, 1.54) is 42.2 Å². The molecule has 0 bridgehead atoms. The molecule has 0 spiro atoms. The third-order valence-electron chi connectivity index (χ3n) is 3.35. The number of hydrogen-bond acceptors (Lipinski definition) is 5. The summed E-state index contributed by atoms with van der Waals surface area (Å²) < 4.78 is 6.37. The number of amides is 1. The van der Waals surface area contributed by atoms with E-state index < -0.39 is 11.9 Å². The number of fused-ring (bicyclic) bond motifs is 1. The van der Waals surface area contributed by atoms with Gasteiger partial charge in [0.1, 0.15) is 0 Å². The minimum absolute atomic E-state index is 0.171. The largest absolute Gasteiger partial charge is 0.481 e. The van der Waals surface area contributed by atoms with Crippen LogP contribution in [-0.2, 0) is 0 Å². The fourth-order valence-corrected chi connectivity index (χ4v) is 2.67. The van der Waals surface area contributed by atoms with Crippen molar-refractivity contribution in [3.8, 4) is 5.88 Å². The first-order valence-electron chi connectivity index (χ1n) is 6.82. The van der Waals surface area contributed by atoms with Crippen molar-refractivity contribution in [2.24, 2.45) is 0 Å². The number of carboxylic acids is 1. The highest BCUT2D eigenvalue weighted by Crippen LogP contribution is 2.30. The second-order valence-corrected chi connectivity index (χ2v) is 5.67. The smallest absolute Gasteiger partial charge is 0.356 e. The Kier molecular flexibility index (Phi) is 4.47. The average molecular weight is 381 g/mol. The summed E-state index contributed by atoms with van der Waals surface area (Å²) in [6.07, 6.45) is 2.68. The van der Waals surface area contributed by atoms with Gasteiger partial charge in [-0.15, -0.1) is 0 Å². The molecule has 3 heterocycles. The summed E-state index contributed by atoms with van der Waals surface area (Å²) >= 11 is 12.0. The summed E-state index contributed by atoms with van der Waals surface area (Å²) in [6.45, 7) is 0. The summed E-state index contributed by atoms with van der Waals surface area (Å²) in [4.78, 5) is 27.6. The zero-order chi connectivity index (χ0) is 18.1. The molecule has 25 heavy (non-hydrogen) atoms. The van der Waals surface area contributed by atoms with Crippen molar-refractivity contribution in [3.05, 3.63) is 51.9 Å². The van der Waals surface area contributed by atoms with Crippen LogP contribution >= 0.6 is 23.2 Å². The maximum Gasteiger partial charge on any atom is 0.356 e. The number of halogens is 2. The molecular formula is C15H10Cl2N4O4. The van der Waals surface area contributed by atoms with Gasteiger partial charge in [0.05, 0.1) is 33.9 Å². The van der Waals surface area contributed by atoms with Gasteiger partial charge in [-0.05, 0) is 12.1 Å². The van der Waals surface area contributed by atoms with Crippen molar-refractivity contribution in [1.29, 1.82) is 0 Å². The van der Waals surface area contributed by atoms with Crippen LogP contribution in [0.25, 0.3) is 5.52 Å². The molecule has 0 saturated carbocycles. The van der Waals surface area contributed by atoms with Crippen LogP contribution in [-0.4, -0.2) is 38.7 Å². The van der Waals surface area contributed by atoms with Gasteiger partial charge in [0.2, 0.25) is 5.88 Å². The Bertz CT molecular complexity index is 982. The van der Waals surface area contributed by atoms with Gasteiger partial charge in [0.15, 0.2) is 5.69 Å². The van der Waals surface area contributed by atoms with Crippen molar-refractivity contribution in [2.45, 2.75) is 0 Å². The van der Waals surface area contributed by atoms with E-state index in [9.17, 15) is 9.59 Å². The summed E-state index contributed by atoms with van der Waals surface area (Å²) in [5, 5.41) is 16.0. The van der Waals surface area contributed by atoms with Crippen LogP contribution in [0.3, 0.4) is 0 Å². The second kappa shape index (κ2) is 6.58. The Morgan fingerprint density at radius 3 is 2.52 bits per heavy atom. The topological polar surface area (TPSA) is 106 Å². The lowest BCUT2D eigenvalue weighted by Gasteiger charge is -2.10. The molecule has 0 unspecified atom stereocenters. The number of methoxy groups -OCH3 is 1. The highest BCUT2D eigenvalue weighted by Gasteiger charge is 2.20. The van der Waals surface area contributed by atoms with Gasteiger partial charge in [0, 0.05) is 18.5 Å². The van der Waals surface area contributed by atoms with Crippen molar-refractivity contribution in [1.82, 2.24) is 14.6 Å². The number of aromatic nitrogens is 3. The first-order chi connectivity index (χ1) is 11.9. The monoisotopic (exact) mass is 380 g/mol. The van der Waals surface area contributed by atoms with Gasteiger partial charge in [0.25, 0.3) is 5.91 Å². The van der Waals surface area contributed by atoms with E-state index in [2.05, 4.69) is 15.4 Å². The van der Waals surface area contributed by atoms with Crippen LogP contribution < -0.4 is 10.1 Å². The maximum atomic E-state index is 12.6. The zero-order valence-corrected chi connectivity index (χ0v) is 14.2. The molecule has 0 aliphatic rings. The third kappa shape index (κ3) is 3.09. The van der Waals surface area contributed by atoms with Crippen LogP contribution in [0.2, 0.25) is 10.0 Å². The molecule has 3 rings (SSSR count). The highest BCUT2D eigenvalue weighted by atomic mass is 35.5. The molecule has 0 aliphatic carbocycles. The summed E-state index contributed by atoms with van der Waals surface area (Å²) in [7, 11) is 1.41. The number of ether oxygens (including phenoxy) is 1. The summed E-state index contributed by atoms with van der Waals surface area (Å²) in [5.41, 5.74) is 0.411. The number of pyridine rings is 2. The third-order valence-corrected chi connectivity index (χ3v) is 3.92. The van der Waals surface area contributed by atoms with Crippen LogP contribution in [0.1, 0.15) is 20.8 Å². The Morgan fingerprint density at radius 1 is 1.24 bits per heavy atom. The molecule has 0 radical (unpaired) electrons. The number of carboxylic acid groups (broad SMARTS) is 1. The van der Waals surface area contributed by atoms with Crippen LogP contribution in [0.4, 0.5) is 5.69 Å². The van der Waals surface area contributed by atoms with E-state index in [1.54, 1.807) is 0 Å². The summed E-state index contributed by atoms with van der Waals surface area (Å²) in [5.74, 6) is -1.49. The van der Waals surface area contributed by atoms with Crippen molar-refractivity contribution < 1.29 is 19.4 Å². The van der Waals surface area contributed by atoms with Crippen molar-refractivity contribution in [3.63, 3.8) is 0 Å². The maximum absolute atomic E-state index is 12.6. The Morgan fingerprint density at radius 2 is 1.92 bits per heavy atom. The number of anilines is 1. The van der Waals surface area contributed by atoms with Gasteiger partial charge in [-0.3, -0.25) is 9.78 Å². The molecule has 3 aromatic heterocycles. The average Bonchev–Trinajstić information content (AvgIpc) is 3.02. The minimum Gasteiger partial charge on any atom is -0.481 e. The first-order valence-corrected chi connectivity index (χ1v) is 7.58. The van der Waals surface area contributed by atoms with Crippen molar-refractivity contribution >= 4 is 46.3 Å². The number of hydrogen-bond donors (Lipinski definition) is 2. The standard InChI is InChI=1S/C15H10Cl2N4O4/c1-25-12-3-2-7(11-4-10(15(23)24)20-21(11)12)14(22)19-13-8(16)5-18-6-9(13)17/h2-6H,1H3,(H,23,24)(H,18,19,22). The lowest BCUT2D eigenvalue weighted by molar-refractivity contribution is 0.0689. The number of nitrogens with one attached hydrogen (secondary N) is 1. The predicted octanol–water partition coefficient (Wildman–Crippen LogP) is 3.00. The molecule has 0 fully saturated rings. The molecule has 128 valence electrons. The molecule has 0 atom stereocenters. The van der Waals surface area contributed by atoms with E-state index in [0.717, 1.165) is 0 Å². The number of rotatable bonds is 4. The Hall–Kier alpha value is -2.84. The van der Waals surface area contributed by atoms with Crippen LogP contribution in [0, 0.1) is 0 Å². The Labute approximate surface area is 150 Å². The van der Waals surface area contributed by atoms with Gasteiger partial charge >= 0.3 is 5.97 Å². The molecular weight excluding hydrogens is 371 g/mol. The fraction of sp³-hybridized carbons (Fsp3) is 0.0667. The molecule has 1 amide bonds. The lowest BCUT2D eigenvalue weighted by Crippen LogP contribution is -2.14. The SMILES string of the molecule is COc1ccc(C(=O)Nc2c(Cl)cncc2Cl)c2cc(C(=O)O)nn12. The van der Waals surface area contributed by atoms with Gasteiger partial charge in [-0.2, -0.15) is 9.61 Å². The van der Waals surface area contributed by atoms with Crippen LogP contribution in [0.5, 0.6) is 5.88 Å². The normalized spacial score (nSPS) is 10.7. The molecule has 0 aliphatic heterocycles. The molecule has 0 aromatic carbocycles. The van der Waals surface area contributed by atoms with Gasteiger partial charge in [-0.1, -0.05) is 23.2 Å². The van der Waals surface area contributed by atoms with E-state index in [-0.39, 0.29) is 38.4 Å². The lowest BCUT2D eigenvalue weighted by atomic mass is 10.2. The second-order valence-electron chi connectivity index (χ2n) is 4.85. The molecule has 8 nitrogen and oxygen atoms in total. The molecule has 10 heteroatoms. The predicted molar refractivity (Wildman–Crippen MR) is 90.9 cm³/mol. The zero-order valence-electron chi connectivity index (χ0n) is 12.7. The number of carbonyl (C=O) groups excluding carboxylic acids is 1. The number of nitrogens with zero attached hydrogens (tertiary/aromatic N) is 3. The minimum atomic E-state index is -1.22. The number of carbonyl (C=O) groups is 2. The summed E-state index contributed by atoms with van der Waals surface area (Å²) in [6, 6.07) is 4.26. The highest BCUT2D eigenvalue weighted by molar-refractivity contribution is 6.39. The van der Waals surface area contributed by atoms with Crippen LogP contribution in [0.15, 0.2) is 30.6 Å². The van der Waals surface area contributed by atoms with E-state index in [0.29, 0.717) is 0 Å². The van der Waals surface area contributed by atoms with E-state index in [1.807, 2.05) is 0 Å². The number of aromatic carboxylic acids is 1. The van der Waals surface area contributed by atoms with E-state index in [4.69, 9.17) is 33.0 Å². The van der Waals surface area contributed by atoms with E-state index >= 15 is 0 Å². The van der Waals surface area contributed by atoms with Gasteiger partial charge in [-0.25, -0.2) is 4.79 Å². The fourth-order valence-electron chi connectivity index (χ4n) is 2.21.